The van der Waals surface area contributed by atoms with Gasteiger partial charge in [0.2, 0.25) is 0 Å². The molecule has 3 nitrogen and oxygen atoms in total. The molecule has 88 valence electrons. The third kappa shape index (κ3) is 3.82. The Labute approximate surface area is 90.5 Å². The fraction of sp³-hybridized carbons (Fsp3) is 0.200. The molecule has 0 aliphatic rings. The van der Waals surface area contributed by atoms with E-state index in [-0.39, 0.29) is 17.9 Å². The molecule has 1 rings (SSSR count). The van der Waals surface area contributed by atoms with Crippen molar-refractivity contribution < 1.29 is 17.9 Å². The molecule has 0 atom stereocenters. The molecule has 0 radical (unpaired) electrons. The van der Waals surface area contributed by atoms with E-state index in [1.165, 1.54) is 30.4 Å². The summed E-state index contributed by atoms with van der Waals surface area (Å²) in [5.41, 5.74) is 11.3. The van der Waals surface area contributed by atoms with Crippen LogP contribution in [0, 0.1) is 0 Å². The van der Waals surface area contributed by atoms with E-state index in [9.17, 15) is 13.2 Å². The second kappa shape index (κ2) is 4.89. The first kappa shape index (κ1) is 12.4. The quantitative estimate of drug-likeness (QED) is 0.785. The molecule has 0 amide bonds. The lowest BCUT2D eigenvalue weighted by molar-refractivity contribution is -0.274. The topological polar surface area (TPSA) is 61.3 Å². The Kier molecular flexibility index (Phi) is 3.78. The lowest BCUT2D eigenvalue weighted by Gasteiger charge is -2.11. The van der Waals surface area contributed by atoms with E-state index in [2.05, 4.69) is 4.74 Å². The normalized spacial score (nSPS) is 12.0. The molecule has 0 saturated carbocycles. The average molecular weight is 232 g/mol. The molecule has 6 heteroatoms. The van der Waals surface area contributed by atoms with Crippen LogP contribution in [-0.2, 0) is 0 Å². The molecular weight excluding hydrogens is 221 g/mol. The minimum atomic E-state index is -4.72. The van der Waals surface area contributed by atoms with Crippen molar-refractivity contribution in [1.82, 2.24) is 0 Å². The van der Waals surface area contributed by atoms with E-state index >= 15 is 0 Å². The molecule has 1 aromatic carbocycles. The second-order valence-corrected chi connectivity index (χ2v) is 2.98. The Morgan fingerprint density at radius 3 is 2.56 bits per heavy atom. The maximum absolute atomic E-state index is 12.0. The van der Waals surface area contributed by atoms with Gasteiger partial charge in [-0.15, -0.1) is 13.2 Å². The van der Waals surface area contributed by atoms with E-state index in [0.717, 1.165) is 0 Å². The molecule has 16 heavy (non-hydrogen) atoms. The number of anilines is 1. The van der Waals surface area contributed by atoms with Gasteiger partial charge in [0.05, 0.1) is 0 Å². The number of hydrogen-bond acceptors (Lipinski definition) is 3. The lowest BCUT2D eigenvalue weighted by Crippen LogP contribution is -2.17. The first-order chi connectivity index (χ1) is 7.42. The number of rotatable bonds is 3. The molecule has 0 bridgehead atoms. The van der Waals surface area contributed by atoms with Gasteiger partial charge in [0.15, 0.2) is 0 Å². The van der Waals surface area contributed by atoms with Crippen molar-refractivity contribution in [1.29, 1.82) is 0 Å². The predicted molar refractivity (Wildman–Crippen MR) is 55.6 cm³/mol. The number of benzene rings is 1. The zero-order chi connectivity index (χ0) is 12.2. The first-order valence-corrected chi connectivity index (χ1v) is 4.44. The van der Waals surface area contributed by atoms with Crippen LogP contribution in [0.5, 0.6) is 5.75 Å². The van der Waals surface area contributed by atoms with Crippen LogP contribution in [-0.4, -0.2) is 12.9 Å². The number of alkyl halides is 3. The second-order valence-electron chi connectivity index (χ2n) is 2.98. The van der Waals surface area contributed by atoms with Gasteiger partial charge in [-0.1, -0.05) is 12.2 Å². The smallest absolute Gasteiger partial charge is 0.405 e. The third-order valence-corrected chi connectivity index (χ3v) is 1.69. The third-order valence-electron chi connectivity index (χ3n) is 1.69. The van der Waals surface area contributed by atoms with Crippen LogP contribution in [0.2, 0.25) is 0 Å². The standard InChI is InChI=1S/C10H11F3N2O/c11-10(12,13)16-9-4-3-8(15)6-7(9)2-1-5-14/h1-4,6H,5,14-15H2. The lowest BCUT2D eigenvalue weighted by atomic mass is 10.1. The highest BCUT2D eigenvalue weighted by atomic mass is 19.4. The Morgan fingerprint density at radius 1 is 1.31 bits per heavy atom. The van der Waals surface area contributed by atoms with Crippen molar-refractivity contribution in [2.45, 2.75) is 6.36 Å². The van der Waals surface area contributed by atoms with Crippen LogP contribution in [0.15, 0.2) is 24.3 Å². The van der Waals surface area contributed by atoms with Gasteiger partial charge in [0.25, 0.3) is 0 Å². The monoisotopic (exact) mass is 232 g/mol. The predicted octanol–water partition coefficient (Wildman–Crippen LogP) is 2.14. The van der Waals surface area contributed by atoms with E-state index in [0.29, 0.717) is 5.69 Å². The summed E-state index contributed by atoms with van der Waals surface area (Å²) >= 11 is 0. The zero-order valence-electron chi connectivity index (χ0n) is 8.29. The number of nitrogens with two attached hydrogens (primary N) is 2. The summed E-state index contributed by atoms with van der Waals surface area (Å²) < 4.78 is 40.0. The number of halogens is 3. The molecule has 0 fully saturated rings. The van der Waals surface area contributed by atoms with Crippen LogP contribution >= 0.6 is 0 Å². The van der Waals surface area contributed by atoms with Crippen LogP contribution in [0.4, 0.5) is 18.9 Å². The molecule has 0 unspecified atom stereocenters. The Hall–Kier alpha value is -1.69. The molecule has 0 aliphatic heterocycles. The van der Waals surface area contributed by atoms with E-state index < -0.39 is 6.36 Å². The minimum Gasteiger partial charge on any atom is -0.405 e. The number of nitrogen functional groups attached to an aromatic ring is 1. The van der Waals surface area contributed by atoms with Gasteiger partial charge in [-0.05, 0) is 18.2 Å². The summed E-state index contributed by atoms with van der Waals surface area (Å²) in [6, 6.07) is 3.88. The van der Waals surface area contributed by atoms with Crippen LogP contribution < -0.4 is 16.2 Å². The van der Waals surface area contributed by atoms with Gasteiger partial charge in [0, 0.05) is 17.8 Å². The van der Waals surface area contributed by atoms with Gasteiger partial charge in [-0.2, -0.15) is 0 Å². The van der Waals surface area contributed by atoms with Crippen LogP contribution in [0.25, 0.3) is 6.08 Å². The molecule has 1 aromatic rings. The number of hydrogen-bond donors (Lipinski definition) is 2. The van der Waals surface area contributed by atoms with Gasteiger partial charge in [-0.3, -0.25) is 0 Å². The molecule has 0 spiro atoms. The Balaban J connectivity index is 3.03. The van der Waals surface area contributed by atoms with Crippen molar-refractivity contribution in [3.8, 4) is 5.75 Å². The molecule has 0 saturated heterocycles. The number of ether oxygens (including phenoxy) is 1. The summed E-state index contributed by atoms with van der Waals surface area (Å²) in [6.07, 6.45) is -1.78. The average Bonchev–Trinajstić information content (AvgIpc) is 2.16. The van der Waals surface area contributed by atoms with Gasteiger partial charge >= 0.3 is 6.36 Å². The maximum Gasteiger partial charge on any atom is 0.573 e. The summed E-state index contributed by atoms with van der Waals surface area (Å²) in [5.74, 6) is -0.300. The van der Waals surface area contributed by atoms with Crippen molar-refractivity contribution in [2.24, 2.45) is 5.73 Å². The highest BCUT2D eigenvalue weighted by Gasteiger charge is 2.31. The fourth-order valence-electron chi connectivity index (χ4n) is 1.11. The van der Waals surface area contributed by atoms with E-state index in [1.54, 1.807) is 0 Å². The van der Waals surface area contributed by atoms with Crippen LogP contribution in [0.1, 0.15) is 5.56 Å². The van der Waals surface area contributed by atoms with Crippen molar-refractivity contribution in [3.63, 3.8) is 0 Å². The Morgan fingerprint density at radius 2 is 2.00 bits per heavy atom. The maximum atomic E-state index is 12.0. The zero-order valence-corrected chi connectivity index (χ0v) is 8.29. The van der Waals surface area contributed by atoms with Gasteiger partial charge in [0.1, 0.15) is 5.75 Å². The Bertz CT molecular complexity index is 388. The van der Waals surface area contributed by atoms with Gasteiger partial charge in [-0.25, -0.2) is 0 Å². The van der Waals surface area contributed by atoms with Gasteiger partial charge < -0.3 is 16.2 Å². The van der Waals surface area contributed by atoms with E-state index in [4.69, 9.17) is 11.5 Å². The highest BCUT2D eigenvalue weighted by Crippen LogP contribution is 2.28. The SMILES string of the molecule is NCC=Cc1cc(N)ccc1OC(F)(F)F. The summed E-state index contributed by atoms with van der Waals surface area (Å²) in [7, 11) is 0. The summed E-state index contributed by atoms with van der Waals surface area (Å²) in [6.45, 7) is 0.222. The highest BCUT2D eigenvalue weighted by molar-refractivity contribution is 5.62. The fourth-order valence-corrected chi connectivity index (χ4v) is 1.11. The summed E-state index contributed by atoms with van der Waals surface area (Å²) in [4.78, 5) is 0. The van der Waals surface area contributed by atoms with Crippen LogP contribution in [0.3, 0.4) is 0 Å². The molecule has 4 N–H and O–H groups in total. The molecule has 0 aliphatic carbocycles. The van der Waals surface area contributed by atoms with Crippen molar-refractivity contribution in [3.05, 3.63) is 29.8 Å². The molecular formula is C10H11F3N2O. The largest absolute Gasteiger partial charge is 0.573 e. The molecule has 0 aromatic heterocycles. The summed E-state index contributed by atoms with van der Waals surface area (Å²) in [5, 5.41) is 0. The van der Waals surface area contributed by atoms with Crippen molar-refractivity contribution >= 4 is 11.8 Å². The van der Waals surface area contributed by atoms with Crippen molar-refractivity contribution in [2.75, 3.05) is 12.3 Å². The first-order valence-electron chi connectivity index (χ1n) is 4.44. The minimum absolute atomic E-state index is 0.222. The van der Waals surface area contributed by atoms with E-state index in [1.807, 2.05) is 0 Å². The molecule has 0 heterocycles.